The van der Waals surface area contributed by atoms with Gasteiger partial charge in [0.25, 0.3) is 5.91 Å². The molecule has 2 aliphatic rings. The molecule has 5 nitrogen and oxygen atoms in total. The van der Waals surface area contributed by atoms with Crippen LogP contribution < -0.4 is 10.6 Å². The number of rotatable bonds is 3. The standard InChI is InChI=1S/C25H23N3O2/c29-23(28-22-13-21(15-26-16-22)17-4-2-1-3-5-17)19-6-7-20-14-25(9-8-18(20)12-19)10-11-27-24(25)30/h1-7,12-13,15-16H,8-11,14H2,(H,27,30)(H,28,29). The van der Waals surface area contributed by atoms with Gasteiger partial charge in [-0.3, -0.25) is 14.6 Å². The van der Waals surface area contributed by atoms with Gasteiger partial charge in [-0.25, -0.2) is 0 Å². The second kappa shape index (κ2) is 7.41. The molecule has 1 aliphatic heterocycles. The first-order chi connectivity index (χ1) is 14.6. The van der Waals surface area contributed by atoms with E-state index in [-0.39, 0.29) is 17.2 Å². The molecule has 1 aromatic heterocycles. The summed E-state index contributed by atoms with van der Waals surface area (Å²) in [6, 6.07) is 17.7. The van der Waals surface area contributed by atoms with Crippen LogP contribution in [-0.4, -0.2) is 23.3 Å². The number of pyridine rings is 1. The minimum Gasteiger partial charge on any atom is -0.356 e. The molecule has 1 aliphatic carbocycles. The van der Waals surface area contributed by atoms with Gasteiger partial charge in [0.05, 0.1) is 17.3 Å². The van der Waals surface area contributed by atoms with Gasteiger partial charge in [0, 0.05) is 23.9 Å². The summed E-state index contributed by atoms with van der Waals surface area (Å²) in [5.74, 6) is 0.0319. The van der Waals surface area contributed by atoms with Crippen molar-refractivity contribution in [2.45, 2.75) is 25.7 Å². The third-order valence-electron chi connectivity index (χ3n) is 6.34. The summed E-state index contributed by atoms with van der Waals surface area (Å²) in [4.78, 5) is 29.4. The van der Waals surface area contributed by atoms with Crippen molar-refractivity contribution in [1.29, 1.82) is 0 Å². The van der Waals surface area contributed by atoms with Crippen molar-refractivity contribution in [2.24, 2.45) is 5.41 Å². The first-order valence-corrected chi connectivity index (χ1v) is 10.3. The fourth-order valence-electron chi connectivity index (χ4n) is 4.62. The monoisotopic (exact) mass is 397 g/mol. The van der Waals surface area contributed by atoms with Gasteiger partial charge in [-0.1, -0.05) is 36.4 Å². The third kappa shape index (κ3) is 3.36. The Hall–Kier alpha value is -3.47. The van der Waals surface area contributed by atoms with E-state index in [1.165, 1.54) is 11.1 Å². The number of hydrogen-bond donors (Lipinski definition) is 2. The van der Waals surface area contributed by atoms with Crippen LogP contribution in [0.15, 0.2) is 67.0 Å². The van der Waals surface area contributed by atoms with E-state index in [4.69, 9.17) is 0 Å². The Morgan fingerprint density at radius 3 is 2.63 bits per heavy atom. The number of amides is 2. The van der Waals surface area contributed by atoms with Crippen LogP contribution in [0.5, 0.6) is 0 Å². The van der Waals surface area contributed by atoms with Crippen LogP contribution in [0.4, 0.5) is 5.69 Å². The molecule has 5 heteroatoms. The fraction of sp³-hybridized carbons (Fsp3) is 0.240. The Kier molecular flexibility index (Phi) is 4.58. The second-order valence-corrected chi connectivity index (χ2v) is 8.23. The van der Waals surface area contributed by atoms with Gasteiger partial charge in [-0.15, -0.1) is 0 Å². The maximum atomic E-state index is 12.8. The Bertz CT molecular complexity index is 1130. The van der Waals surface area contributed by atoms with Crippen LogP contribution in [0.1, 0.15) is 34.3 Å². The number of hydrogen-bond acceptors (Lipinski definition) is 3. The molecule has 2 aromatic carbocycles. The smallest absolute Gasteiger partial charge is 0.255 e. The van der Waals surface area contributed by atoms with Crippen molar-refractivity contribution in [3.63, 3.8) is 0 Å². The van der Waals surface area contributed by atoms with Crippen LogP contribution in [-0.2, 0) is 17.6 Å². The number of aryl methyl sites for hydroxylation is 1. The Labute approximate surface area is 175 Å². The minimum atomic E-state index is -0.250. The molecule has 1 atom stereocenters. The van der Waals surface area contributed by atoms with Crippen LogP contribution in [0.25, 0.3) is 11.1 Å². The summed E-state index contributed by atoms with van der Waals surface area (Å²) in [5.41, 5.74) is 5.41. The lowest BCUT2D eigenvalue weighted by molar-refractivity contribution is -0.128. The summed E-state index contributed by atoms with van der Waals surface area (Å²) in [7, 11) is 0. The first kappa shape index (κ1) is 18.6. The van der Waals surface area contributed by atoms with Gasteiger partial charge in [0.1, 0.15) is 0 Å². The summed E-state index contributed by atoms with van der Waals surface area (Å²) >= 11 is 0. The number of benzene rings is 2. The van der Waals surface area contributed by atoms with Gasteiger partial charge in [-0.05, 0) is 60.6 Å². The van der Waals surface area contributed by atoms with Crippen LogP contribution >= 0.6 is 0 Å². The first-order valence-electron chi connectivity index (χ1n) is 10.3. The van der Waals surface area contributed by atoms with Gasteiger partial charge in [-0.2, -0.15) is 0 Å². The van der Waals surface area contributed by atoms with Crippen LogP contribution in [0.3, 0.4) is 0 Å². The molecule has 1 unspecified atom stereocenters. The summed E-state index contributed by atoms with van der Waals surface area (Å²) in [6.07, 6.45) is 6.79. The average molecular weight is 397 g/mol. The zero-order chi connectivity index (χ0) is 20.6. The molecule has 0 bridgehead atoms. The van der Waals surface area contributed by atoms with E-state index >= 15 is 0 Å². The van der Waals surface area contributed by atoms with E-state index in [1.807, 2.05) is 54.6 Å². The molecular weight excluding hydrogens is 374 g/mol. The maximum absolute atomic E-state index is 12.8. The van der Waals surface area contributed by atoms with Crippen LogP contribution in [0, 0.1) is 5.41 Å². The highest BCUT2D eigenvalue weighted by Gasteiger charge is 2.44. The number of nitrogens with zero attached hydrogens (tertiary/aromatic N) is 1. The van der Waals surface area contributed by atoms with Gasteiger partial charge < -0.3 is 10.6 Å². The minimum absolute atomic E-state index is 0.149. The molecule has 2 heterocycles. The van der Waals surface area contributed by atoms with E-state index in [1.54, 1.807) is 12.4 Å². The lowest BCUT2D eigenvalue weighted by Gasteiger charge is -2.32. The molecule has 1 saturated heterocycles. The lowest BCUT2D eigenvalue weighted by Crippen LogP contribution is -2.36. The highest BCUT2D eigenvalue weighted by atomic mass is 16.2. The Morgan fingerprint density at radius 1 is 0.967 bits per heavy atom. The molecule has 0 saturated carbocycles. The highest BCUT2D eigenvalue weighted by Crippen LogP contribution is 2.41. The summed E-state index contributed by atoms with van der Waals surface area (Å²) < 4.78 is 0. The molecule has 3 aromatic rings. The van der Waals surface area contributed by atoms with E-state index in [0.29, 0.717) is 11.3 Å². The quantitative estimate of drug-likeness (QED) is 0.702. The van der Waals surface area contributed by atoms with Crippen LogP contribution in [0.2, 0.25) is 0 Å². The lowest BCUT2D eigenvalue weighted by atomic mass is 9.70. The van der Waals surface area contributed by atoms with E-state index in [9.17, 15) is 9.59 Å². The maximum Gasteiger partial charge on any atom is 0.255 e. The number of carbonyl (C=O) groups is 2. The molecule has 2 amide bonds. The fourth-order valence-corrected chi connectivity index (χ4v) is 4.62. The van der Waals surface area contributed by atoms with Gasteiger partial charge >= 0.3 is 0 Å². The van der Waals surface area contributed by atoms with E-state index in [0.717, 1.165) is 43.4 Å². The predicted molar refractivity (Wildman–Crippen MR) is 116 cm³/mol. The normalized spacial score (nSPS) is 19.9. The predicted octanol–water partition coefficient (Wildman–Crippen LogP) is 4.00. The largest absolute Gasteiger partial charge is 0.356 e. The van der Waals surface area contributed by atoms with Crippen molar-refractivity contribution in [2.75, 3.05) is 11.9 Å². The van der Waals surface area contributed by atoms with Gasteiger partial charge in [0.2, 0.25) is 5.91 Å². The van der Waals surface area contributed by atoms with Crippen molar-refractivity contribution in [1.82, 2.24) is 10.3 Å². The second-order valence-electron chi connectivity index (χ2n) is 8.23. The molecular formula is C25H23N3O2. The average Bonchev–Trinajstić information content (AvgIpc) is 3.13. The van der Waals surface area contributed by atoms with Crippen molar-refractivity contribution >= 4 is 17.5 Å². The topological polar surface area (TPSA) is 71.1 Å². The van der Waals surface area contributed by atoms with E-state index in [2.05, 4.69) is 15.6 Å². The summed E-state index contributed by atoms with van der Waals surface area (Å²) in [5, 5.41) is 5.94. The molecule has 1 spiro atoms. The van der Waals surface area contributed by atoms with Crippen molar-refractivity contribution in [3.8, 4) is 11.1 Å². The molecule has 1 fully saturated rings. The number of aromatic nitrogens is 1. The summed E-state index contributed by atoms with van der Waals surface area (Å²) in [6.45, 7) is 0.769. The molecule has 150 valence electrons. The number of nitrogens with one attached hydrogen (secondary N) is 2. The number of carbonyl (C=O) groups excluding carboxylic acids is 2. The number of anilines is 1. The Balaban J connectivity index is 1.34. The van der Waals surface area contributed by atoms with Gasteiger partial charge in [0.15, 0.2) is 0 Å². The SMILES string of the molecule is O=C(Nc1cncc(-c2ccccc2)c1)c1ccc2c(c1)CCC1(CCNC1=O)C2. The zero-order valence-electron chi connectivity index (χ0n) is 16.7. The molecule has 30 heavy (non-hydrogen) atoms. The molecule has 5 rings (SSSR count). The zero-order valence-corrected chi connectivity index (χ0v) is 16.7. The number of fused-ring (bicyclic) bond motifs is 1. The highest BCUT2D eigenvalue weighted by molar-refractivity contribution is 6.04. The molecule has 0 radical (unpaired) electrons. The van der Waals surface area contributed by atoms with Crippen molar-refractivity contribution < 1.29 is 9.59 Å². The van der Waals surface area contributed by atoms with E-state index < -0.39 is 0 Å². The third-order valence-corrected chi connectivity index (χ3v) is 6.34. The molecule has 2 N–H and O–H groups in total. The Morgan fingerprint density at radius 2 is 1.83 bits per heavy atom. The van der Waals surface area contributed by atoms with Crippen molar-refractivity contribution in [3.05, 3.63) is 83.7 Å².